The molecule has 0 bridgehead atoms. The Kier molecular flexibility index (Phi) is 3.55. The molecule has 1 heterocycles. The maximum Gasteiger partial charge on any atom is 0.206 e. The highest BCUT2D eigenvalue weighted by Gasteiger charge is 2.16. The van der Waals surface area contributed by atoms with Crippen molar-refractivity contribution >= 4 is 22.8 Å². The summed E-state index contributed by atoms with van der Waals surface area (Å²) >= 11 is 0. The zero-order chi connectivity index (χ0) is 15.5. The molecule has 106 valence electrons. The predicted molar refractivity (Wildman–Crippen MR) is 82.6 cm³/mol. The molecule has 0 unspecified atom stereocenters. The minimum atomic E-state index is -0.632. The summed E-state index contributed by atoms with van der Waals surface area (Å²) in [5, 5.41) is 10.1. The van der Waals surface area contributed by atoms with Crippen molar-refractivity contribution in [1.82, 2.24) is 4.98 Å². The molecule has 0 atom stereocenters. The standard InChI is InChI=1S/C18H11FN2O/c19-16-7-3-1-6-15(16)18(22)12(10-20)9-13-11-21-17-8-4-2-5-14(13)17/h1-9,11,21H/b12-9+. The molecule has 0 spiro atoms. The number of aromatic nitrogens is 1. The minimum absolute atomic E-state index is 0.102. The molecule has 0 saturated carbocycles. The number of hydrogen-bond acceptors (Lipinski definition) is 2. The van der Waals surface area contributed by atoms with E-state index in [4.69, 9.17) is 0 Å². The van der Waals surface area contributed by atoms with Crippen molar-refractivity contribution in [3.63, 3.8) is 0 Å². The molecule has 0 amide bonds. The summed E-state index contributed by atoms with van der Waals surface area (Å²) < 4.78 is 13.7. The SMILES string of the molecule is N#C/C(=C\c1c[nH]c2ccccc12)C(=O)c1ccccc1F. The Bertz CT molecular complexity index is 931. The molecular formula is C18H11FN2O. The van der Waals surface area contributed by atoms with Crippen molar-refractivity contribution < 1.29 is 9.18 Å². The molecular weight excluding hydrogens is 279 g/mol. The average Bonchev–Trinajstić information content (AvgIpc) is 2.95. The van der Waals surface area contributed by atoms with Gasteiger partial charge in [0.2, 0.25) is 5.78 Å². The van der Waals surface area contributed by atoms with Gasteiger partial charge in [-0.25, -0.2) is 4.39 Å². The van der Waals surface area contributed by atoms with Gasteiger partial charge in [-0.3, -0.25) is 4.79 Å². The third kappa shape index (κ3) is 2.40. The summed E-state index contributed by atoms with van der Waals surface area (Å²) in [7, 11) is 0. The molecule has 3 nitrogen and oxygen atoms in total. The molecule has 0 aliphatic rings. The van der Waals surface area contributed by atoms with Crippen molar-refractivity contribution in [3.05, 3.63) is 77.2 Å². The highest BCUT2D eigenvalue weighted by atomic mass is 19.1. The van der Waals surface area contributed by atoms with Gasteiger partial charge in [-0.1, -0.05) is 30.3 Å². The largest absolute Gasteiger partial charge is 0.361 e. The van der Waals surface area contributed by atoms with Crippen LogP contribution in [0.1, 0.15) is 15.9 Å². The van der Waals surface area contributed by atoms with Crippen LogP contribution in [0.25, 0.3) is 17.0 Å². The lowest BCUT2D eigenvalue weighted by atomic mass is 10.0. The van der Waals surface area contributed by atoms with E-state index in [-0.39, 0.29) is 11.1 Å². The fourth-order valence-corrected chi connectivity index (χ4v) is 2.31. The molecule has 0 saturated heterocycles. The maximum atomic E-state index is 13.7. The van der Waals surface area contributed by atoms with Crippen molar-refractivity contribution in [2.45, 2.75) is 0 Å². The van der Waals surface area contributed by atoms with E-state index in [1.165, 1.54) is 24.3 Å². The van der Waals surface area contributed by atoms with Crippen LogP contribution in [0.15, 0.2) is 60.3 Å². The van der Waals surface area contributed by atoms with E-state index in [1.54, 1.807) is 12.3 Å². The Morgan fingerprint density at radius 1 is 1.14 bits per heavy atom. The van der Waals surface area contributed by atoms with Crippen LogP contribution < -0.4 is 0 Å². The number of rotatable bonds is 3. The summed E-state index contributed by atoms with van der Waals surface area (Å²) in [5.41, 5.74) is 1.42. The summed E-state index contributed by atoms with van der Waals surface area (Å²) in [4.78, 5) is 15.4. The van der Waals surface area contributed by atoms with Crippen LogP contribution in [-0.4, -0.2) is 10.8 Å². The number of carbonyl (C=O) groups is 1. The van der Waals surface area contributed by atoms with Crippen LogP contribution in [0.5, 0.6) is 0 Å². The van der Waals surface area contributed by atoms with Crippen molar-refractivity contribution in [1.29, 1.82) is 5.26 Å². The molecule has 2 aromatic carbocycles. The fourth-order valence-electron chi connectivity index (χ4n) is 2.31. The van der Waals surface area contributed by atoms with Gasteiger partial charge < -0.3 is 4.98 Å². The average molecular weight is 290 g/mol. The van der Waals surface area contributed by atoms with Gasteiger partial charge in [0.15, 0.2) is 0 Å². The predicted octanol–water partition coefficient (Wildman–Crippen LogP) is 4.10. The summed E-state index contributed by atoms with van der Waals surface area (Å²) in [6, 6.07) is 15.1. The van der Waals surface area contributed by atoms with Crippen LogP contribution in [0.4, 0.5) is 4.39 Å². The van der Waals surface area contributed by atoms with Gasteiger partial charge >= 0.3 is 0 Å². The van der Waals surface area contributed by atoms with Crippen LogP contribution in [0.2, 0.25) is 0 Å². The van der Waals surface area contributed by atoms with E-state index >= 15 is 0 Å². The van der Waals surface area contributed by atoms with Crippen LogP contribution in [-0.2, 0) is 0 Å². The maximum absolute atomic E-state index is 13.7. The summed E-state index contributed by atoms with van der Waals surface area (Å²) in [6.45, 7) is 0. The van der Waals surface area contributed by atoms with Crippen molar-refractivity contribution in [2.24, 2.45) is 0 Å². The Balaban J connectivity index is 2.06. The Morgan fingerprint density at radius 2 is 1.86 bits per heavy atom. The normalized spacial score (nSPS) is 11.4. The van der Waals surface area contributed by atoms with Crippen LogP contribution in [0, 0.1) is 17.1 Å². The van der Waals surface area contributed by atoms with E-state index in [0.717, 1.165) is 16.5 Å². The number of nitrogens with zero attached hydrogens (tertiary/aromatic N) is 1. The molecule has 3 rings (SSSR count). The molecule has 0 aliphatic heterocycles. The quantitative estimate of drug-likeness (QED) is 0.448. The monoisotopic (exact) mass is 290 g/mol. The van der Waals surface area contributed by atoms with E-state index in [2.05, 4.69) is 4.98 Å². The van der Waals surface area contributed by atoms with Crippen molar-refractivity contribution in [3.8, 4) is 6.07 Å². The number of Topliss-reactive ketones (excluding diaryl/α,β-unsaturated/α-hetero) is 1. The summed E-state index contributed by atoms with van der Waals surface area (Å²) in [6.07, 6.45) is 3.20. The second kappa shape index (κ2) is 5.66. The first-order chi connectivity index (χ1) is 10.7. The number of H-pyrrole nitrogens is 1. The molecule has 0 radical (unpaired) electrons. The highest BCUT2D eigenvalue weighted by molar-refractivity contribution is 6.14. The second-order valence-corrected chi connectivity index (χ2v) is 4.77. The summed E-state index contributed by atoms with van der Waals surface area (Å²) in [5.74, 6) is -1.25. The van der Waals surface area contributed by atoms with Gasteiger partial charge in [-0.2, -0.15) is 5.26 Å². The van der Waals surface area contributed by atoms with Crippen molar-refractivity contribution in [2.75, 3.05) is 0 Å². The molecule has 3 aromatic rings. The van der Waals surface area contributed by atoms with E-state index < -0.39 is 11.6 Å². The number of nitrogens with one attached hydrogen (secondary N) is 1. The fraction of sp³-hybridized carbons (Fsp3) is 0. The van der Waals surface area contributed by atoms with Gasteiger partial charge in [0.05, 0.1) is 5.56 Å². The molecule has 1 aromatic heterocycles. The number of allylic oxidation sites excluding steroid dienone is 1. The first-order valence-corrected chi connectivity index (χ1v) is 6.68. The van der Waals surface area contributed by atoms with E-state index in [9.17, 15) is 14.4 Å². The number of hydrogen-bond donors (Lipinski definition) is 1. The van der Waals surface area contributed by atoms with Gasteiger partial charge in [-0.15, -0.1) is 0 Å². The zero-order valence-electron chi connectivity index (χ0n) is 11.5. The van der Waals surface area contributed by atoms with E-state index in [1.807, 2.05) is 30.3 Å². The third-order valence-corrected chi connectivity index (χ3v) is 3.40. The number of halogens is 1. The molecule has 0 aliphatic carbocycles. The highest BCUT2D eigenvalue weighted by Crippen LogP contribution is 2.22. The number of para-hydroxylation sites is 1. The molecule has 22 heavy (non-hydrogen) atoms. The van der Waals surface area contributed by atoms with Gasteiger partial charge in [0, 0.05) is 22.7 Å². The third-order valence-electron chi connectivity index (χ3n) is 3.40. The molecule has 1 N–H and O–H groups in total. The lowest BCUT2D eigenvalue weighted by Gasteiger charge is -2.01. The smallest absolute Gasteiger partial charge is 0.206 e. The number of ketones is 1. The zero-order valence-corrected chi connectivity index (χ0v) is 11.5. The lowest BCUT2D eigenvalue weighted by molar-refractivity contribution is 0.103. The minimum Gasteiger partial charge on any atom is -0.361 e. The molecule has 4 heteroatoms. The van der Waals surface area contributed by atoms with Crippen LogP contribution in [0.3, 0.4) is 0 Å². The number of benzene rings is 2. The van der Waals surface area contributed by atoms with E-state index in [0.29, 0.717) is 0 Å². The van der Waals surface area contributed by atoms with Gasteiger partial charge in [0.25, 0.3) is 0 Å². The van der Waals surface area contributed by atoms with Gasteiger partial charge in [0.1, 0.15) is 17.5 Å². The lowest BCUT2D eigenvalue weighted by Crippen LogP contribution is -2.04. The Labute approximate surface area is 126 Å². The second-order valence-electron chi connectivity index (χ2n) is 4.77. The first kappa shape index (κ1) is 13.8. The Morgan fingerprint density at radius 3 is 2.64 bits per heavy atom. The number of aromatic amines is 1. The van der Waals surface area contributed by atoms with Gasteiger partial charge in [-0.05, 0) is 24.3 Å². The Hall–Kier alpha value is -3.19. The number of nitriles is 1. The number of fused-ring (bicyclic) bond motifs is 1. The topological polar surface area (TPSA) is 56.6 Å². The van der Waals surface area contributed by atoms with Crippen LogP contribution >= 0.6 is 0 Å². The first-order valence-electron chi connectivity index (χ1n) is 6.68. The molecule has 0 fully saturated rings. The number of carbonyl (C=O) groups excluding carboxylic acids is 1.